The molecule has 2 aromatic carbocycles. The molecular weight excluding hydrogens is 316 g/mol. The Bertz CT molecular complexity index is 774. The second kappa shape index (κ2) is 7.38. The molecule has 0 saturated heterocycles. The third-order valence-corrected chi connectivity index (χ3v) is 4.54. The minimum Gasteiger partial charge on any atom is -0.469 e. The molecule has 3 rings (SSSR count). The van der Waals surface area contributed by atoms with Gasteiger partial charge >= 0.3 is 5.97 Å². The SMILES string of the molecule is COC(=O)CC(NC(=O)C1Cc2cccc(C)c2N1)c1ccccc1. The molecule has 0 fully saturated rings. The van der Waals surface area contributed by atoms with Crippen LogP contribution in [0.5, 0.6) is 0 Å². The lowest BCUT2D eigenvalue weighted by Gasteiger charge is -2.21. The molecule has 0 aromatic heterocycles. The van der Waals surface area contributed by atoms with Gasteiger partial charge in [-0.2, -0.15) is 0 Å². The Morgan fingerprint density at radius 3 is 2.64 bits per heavy atom. The molecule has 2 atom stereocenters. The van der Waals surface area contributed by atoms with E-state index in [0.717, 1.165) is 22.4 Å². The quantitative estimate of drug-likeness (QED) is 0.823. The highest BCUT2D eigenvalue weighted by Crippen LogP contribution is 2.29. The van der Waals surface area contributed by atoms with Crippen molar-refractivity contribution >= 4 is 17.6 Å². The van der Waals surface area contributed by atoms with Crippen molar-refractivity contribution in [2.45, 2.75) is 31.8 Å². The zero-order chi connectivity index (χ0) is 17.8. The molecular formula is C20H22N2O3. The number of hydrogen-bond donors (Lipinski definition) is 2. The van der Waals surface area contributed by atoms with Crippen molar-refractivity contribution in [1.82, 2.24) is 5.32 Å². The monoisotopic (exact) mass is 338 g/mol. The van der Waals surface area contributed by atoms with Crippen molar-refractivity contribution in [3.05, 3.63) is 65.2 Å². The van der Waals surface area contributed by atoms with Crippen molar-refractivity contribution < 1.29 is 14.3 Å². The van der Waals surface area contributed by atoms with Crippen LogP contribution < -0.4 is 10.6 Å². The van der Waals surface area contributed by atoms with Crippen LogP contribution in [0.4, 0.5) is 5.69 Å². The average molecular weight is 338 g/mol. The van der Waals surface area contributed by atoms with Gasteiger partial charge in [-0.25, -0.2) is 0 Å². The molecule has 0 radical (unpaired) electrons. The maximum Gasteiger partial charge on any atom is 0.307 e. The summed E-state index contributed by atoms with van der Waals surface area (Å²) in [5.74, 6) is -0.471. The highest BCUT2D eigenvalue weighted by Gasteiger charge is 2.29. The van der Waals surface area contributed by atoms with Crippen LogP contribution in [0.25, 0.3) is 0 Å². The molecule has 2 N–H and O–H groups in total. The number of fused-ring (bicyclic) bond motifs is 1. The molecule has 5 nitrogen and oxygen atoms in total. The molecule has 25 heavy (non-hydrogen) atoms. The van der Waals surface area contributed by atoms with Gasteiger partial charge in [-0.05, 0) is 23.6 Å². The van der Waals surface area contributed by atoms with E-state index in [2.05, 4.69) is 10.6 Å². The fourth-order valence-corrected chi connectivity index (χ4v) is 3.17. The van der Waals surface area contributed by atoms with Gasteiger partial charge in [-0.3, -0.25) is 9.59 Å². The van der Waals surface area contributed by atoms with E-state index in [-0.39, 0.29) is 24.3 Å². The van der Waals surface area contributed by atoms with Crippen LogP contribution in [-0.2, 0) is 20.7 Å². The van der Waals surface area contributed by atoms with Crippen LogP contribution in [0.1, 0.15) is 29.2 Å². The number of carbonyl (C=O) groups excluding carboxylic acids is 2. The molecule has 0 saturated carbocycles. The van der Waals surface area contributed by atoms with Crippen molar-refractivity contribution in [2.24, 2.45) is 0 Å². The van der Waals surface area contributed by atoms with Gasteiger partial charge in [0.1, 0.15) is 6.04 Å². The number of aryl methyl sites for hydroxylation is 1. The summed E-state index contributed by atoms with van der Waals surface area (Å²) in [5, 5.41) is 6.29. The summed E-state index contributed by atoms with van der Waals surface area (Å²) >= 11 is 0. The number of nitrogens with one attached hydrogen (secondary N) is 2. The first-order valence-corrected chi connectivity index (χ1v) is 8.35. The van der Waals surface area contributed by atoms with E-state index in [4.69, 9.17) is 4.74 Å². The van der Waals surface area contributed by atoms with Crippen LogP contribution in [0.2, 0.25) is 0 Å². The first-order chi connectivity index (χ1) is 12.1. The molecule has 2 unspecified atom stereocenters. The summed E-state index contributed by atoms with van der Waals surface area (Å²) in [7, 11) is 1.35. The number of esters is 1. The van der Waals surface area contributed by atoms with E-state index in [1.54, 1.807) is 0 Å². The summed E-state index contributed by atoms with van der Waals surface area (Å²) in [6, 6.07) is 14.8. The van der Waals surface area contributed by atoms with Gasteiger partial charge in [-0.1, -0.05) is 48.5 Å². The zero-order valence-corrected chi connectivity index (χ0v) is 14.4. The van der Waals surface area contributed by atoms with Crippen LogP contribution in [0, 0.1) is 6.92 Å². The number of amides is 1. The van der Waals surface area contributed by atoms with Gasteiger partial charge in [0.05, 0.1) is 19.6 Å². The highest BCUT2D eigenvalue weighted by molar-refractivity contribution is 5.88. The van der Waals surface area contributed by atoms with E-state index in [1.807, 2.05) is 55.5 Å². The number of ether oxygens (including phenoxy) is 1. The van der Waals surface area contributed by atoms with Crippen LogP contribution in [0.3, 0.4) is 0 Å². The number of hydrogen-bond acceptors (Lipinski definition) is 4. The van der Waals surface area contributed by atoms with Gasteiger partial charge < -0.3 is 15.4 Å². The van der Waals surface area contributed by atoms with Crippen LogP contribution >= 0.6 is 0 Å². The lowest BCUT2D eigenvalue weighted by molar-refractivity contribution is -0.141. The number of rotatable bonds is 5. The smallest absolute Gasteiger partial charge is 0.307 e. The molecule has 2 aromatic rings. The van der Waals surface area contributed by atoms with Crippen molar-refractivity contribution in [3.63, 3.8) is 0 Å². The topological polar surface area (TPSA) is 67.4 Å². The first kappa shape index (κ1) is 17.0. The number of carbonyl (C=O) groups is 2. The minimum atomic E-state index is -0.409. The van der Waals surface area contributed by atoms with Gasteiger partial charge in [-0.15, -0.1) is 0 Å². The van der Waals surface area contributed by atoms with E-state index < -0.39 is 6.04 Å². The zero-order valence-electron chi connectivity index (χ0n) is 14.4. The fourth-order valence-electron chi connectivity index (χ4n) is 3.17. The molecule has 0 spiro atoms. The van der Waals surface area contributed by atoms with E-state index in [0.29, 0.717) is 6.42 Å². The Hall–Kier alpha value is -2.82. The Balaban J connectivity index is 1.73. The standard InChI is InChI=1S/C20H22N2O3/c1-13-7-6-10-15-11-17(21-19(13)15)20(24)22-16(12-18(23)25-2)14-8-4-3-5-9-14/h3-10,16-17,21H,11-12H2,1-2H3,(H,22,24). The molecule has 5 heteroatoms. The summed E-state index contributed by atoms with van der Waals surface area (Å²) in [6.45, 7) is 2.02. The summed E-state index contributed by atoms with van der Waals surface area (Å²) in [6.07, 6.45) is 0.744. The lowest BCUT2D eigenvalue weighted by Crippen LogP contribution is -2.41. The predicted octanol–water partition coefficient (Wildman–Crippen LogP) is 2.75. The maximum absolute atomic E-state index is 12.8. The number of methoxy groups -OCH3 is 1. The molecule has 1 aliphatic heterocycles. The number of benzene rings is 2. The Morgan fingerprint density at radius 1 is 1.20 bits per heavy atom. The van der Waals surface area contributed by atoms with Gasteiger partial charge in [0.2, 0.25) is 5.91 Å². The maximum atomic E-state index is 12.8. The third kappa shape index (κ3) is 3.82. The molecule has 130 valence electrons. The fraction of sp³-hybridized carbons (Fsp3) is 0.300. The number of anilines is 1. The molecule has 1 aliphatic rings. The van der Waals surface area contributed by atoms with Gasteiger partial charge in [0.25, 0.3) is 0 Å². The van der Waals surface area contributed by atoms with Crippen molar-refractivity contribution in [1.29, 1.82) is 0 Å². The highest BCUT2D eigenvalue weighted by atomic mass is 16.5. The second-order valence-electron chi connectivity index (χ2n) is 6.26. The van der Waals surface area contributed by atoms with Gasteiger partial charge in [0, 0.05) is 12.1 Å². The largest absolute Gasteiger partial charge is 0.469 e. The summed E-state index contributed by atoms with van der Waals surface area (Å²) in [5.41, 5.74) is 4.19. The molecule has 0 bridgehead atoms. The van der Waals surface area contributed by atoms with Gasteiger partial charge in [0.15, 0.2) is 0 Å². The van der Waals surface area contributed by atoms with Crippen LogP contribution in [-0.4, -0.2) is 25.0 Å². The summed E-state index contributed by atoms with van der Waals surface area (Å²) < 4.78 is 4.77. The second-order valence-corrected chi connectivity index (χ2v) is 6.26. The lowest BCUT2D eigenvalue weighted by atomic mass is 10.0. The average Bonchev–Trinajstić information content (AvgIpc) is 3.07. The Labute approximate surface area is 147 Å². The first-order valence-electron chi connectivity index (χ1n) is 8.35. The van der Waals surface area contributed by atoms with Crippen molar-refractivity contribution in [3.8, 4) is 0 Å². The van der Waals surface area contributed by atoms with E-state index in [9.17, 15) is 9.59 Å². The Kier molecular flexibility index (Phi) is 5.03. The van der Waals surface area contributed by atoms with Crippen LogP contribution in [0.15, 0.2) is 48.5 Å². The molecule has 1 amide bonds. The van der Waals surface area contributed by atoms with E-state index >= 15 is 0 Å². The number of para-hydroxylation sites is 1. The molecule has 1 heterocycles. The normalized spacial score (nSPS) is 16.5. The van der Waals surface area contributed by atoms with Crippen molar-refractivity contribution in [2.75, 3.05) is 12.4 Å². The predicted molar refractivity (Wildman–Crippen MR) is 96.3 cm³/mol. The summed E-state index contributed by atoms with van der Waals surface area (Å²) in [4.78, 5) is 24.5. The minimum absolute atomic E-state index is 0.102. The third-order valence-electron chi connectivity index (χ3n) is 4.54. The Morgan fingerprint density at radius 2 is 1.96 bits per heavy atom. The van der Waals surface area contributed by atoms with E-state index in [1.165, 1.54) is 7.11 Å². The molecule has 0 aliphatic carbocycles.